The molecule has 0 amide bonds. The molecule has 0 atom stereocenters. The number of carbonyl (C=O) groups is 1. The van der Waals surface area contributed by atoms with Gasteiger partial charge in [-0.15, -0.1) is 0 Å². The molecule has 15 heavy (non-hydrogen) atoms. The number of rotatable bonds is 1. The largest absolute Gasteiger partial charge is 0.478 e. The zero-order chi connectivity index (χ0) is 12.7. The van der Waals surface area contributed by atoms with Crippen LogP contribution >= 0.6 is 0 Å². The maximum Gasteiger partial charge on any atom is 0.327 e. The minimum absolute atomic E-state index is 0.833. The first-order valence-electron chi connectivity index (χ1n) is 4.32. The maximum atomic E-state index is 9.25. The van der Waals surface area contributed by atoms with Gasteiger partial charge in [-0.2, -0.15) is 0 Å². The van der Waals surface area contributed by atoms with Gasteiger partial charge in [0.25, 0.3) is 0 Å². The molecule has 0 saturated carbocycles. The van der Waals surface area contributed by atoms with Crippen molar-refractivity contribution < 1.29 is 20.1 Å². The van der Waals surface area contributed by atoms with Gasteiger partial charge < -0.3 is 15.3 Å². The van der Waals surface area contributed by atoms with E-state index in [-0.39, 0.29) is 0 Å². The third-order valence-electron chi connectivity index (χ3n) is 0.849. The topological polar surface area (TPSA) is 77.8 Å². The first kappa shape index (κ1) is 16.1. The predicted octanol–water partition coefficient (Wildman–Crippen LogP) is 0.789. The van der Waals surface area contributed by atoms with Crippen molar-refractivity contribution in [2.45, 2.75) is 38.9 Å². The third-order valence-corrected chi connectivity index (χ3v) is 0.849. The molecule has 0 aliphatic rings. The molecular weight excluding hydrogens is 196 g/mol. The SMILES string of the molecule is C=CC(=O)O.CC(C)(O)C#CC(C)(C)O. The minimum atomic E-state index is -1.01. The summed E-state index contributed by atoms with van der Waals surface area (Å²) in [5.41, 5.74) is -2.03. The molecule has 0 fully saturated rings. The van der Waals surface area contributed by atoms with Crippen molar-refractivity contribution in [3.8, 4) is 11.8 Å². The Hall–Kier alpha value is -1.31. The number of aliphatic carboxylic acids is 1. The molecule has 0 radical (unpaired) electrons. The normalized spacial score (nSPS) is 10.3. The Balaban J connectivity index is 0. The first-order valence-corrected chi connectivity index (χ1v) is 4.32. The van der Waals surface area contributed by atoms with E-state index >= 15 is 0 Å². The molecule has 0 aliphatic carbocycles. The molecule has 0 bridgehead atoms. The van der Waals surface area contributed by atoms with Crippen molar-refractivity contribution in [2.75, 3.05) is 0 Å². The van der Waals surface area contributed by atoms with Crippen LogP contribution in [-0.4, -0.2) is 32.5 Å². The highest BCUT2D eigenvalue weighted by Crippen LogP contribution is 2.01. The maximum absolute atomic E-state index is 9.25. The van der Waals surface area contributed by atoms with Crippen molar-refractivity contribution in [3.05, 3.63) is 12.7 Å². The average molecular weight is 214 g/mol. The van der Waals surface area contributed by atoms with Crippen LogP contribution in [0.25, 0.3) is 0 Å². The lowest BCUT2D eigenvalue weighted by Gasteiger charge is -2.10. The minimum Gasteiger partial charge on any atom is -0.478 e. The molecule has 4 heteroatoms. The summed E-state index contributed by atoms with van der Waals surface area (Å²) >= 11 is 0. The van der Waals surface area contributed by atoms with Gasteiger partial charge in [-0.1, -0.05) is 18.4 Å². The van der Waals surface area contributed by atoms with Crippen molar-refractivity contribution in [1.29, 1.82) is 0 Å². The molecule has 0 heterocycles. The van der Waals surface area contributed by atoms with E-state index in [0.717, 1.165) is 6.08 Å². The van der Waals surface area contributed by atoms with Crippen molar-refractivity contribution in [2.24, 2.45) is 0 Å². The molecule has 0 rings (SSSR count). The zero-order valence-electron chi connectivity index (χ0n) is 9.53. The fourth-order valence-corrected chi connectivity index (χ4v) is 0.306. The van der Waals surface area contributed by atoms with Gasteiger partial charge in [0.2, 0.25) is 0 Å². The van der Waals surface area contributed by atoms with Crippen molar-refractivity contribution >= 4 is 5.97 Å². The second-order valence-electron chi connectivity index (χ2n) is 3.91. The average Bonchev–Trinajstić information content (AvgIpc) is 2.00. The lowest BCUT2D eigenvalue weighted by molar-refractivity contribution is -0.131. The summed E-state index contributed by atoms with van der Waals surface area (Å²) in [6.07, 6.45) is 0.833. The van der Waals surface area contributed by atoms with Crippen LogP contribution in [-0.2, 0) is 4.79 Å². The van der Waals surface area contributed by atoms with Crippen LogP contribution in [0.3, 0.4) is 0 Å². The van der Waals surface area contributed by atoms with Crippen LogP contribution in [0.4, 0.5) is 0 Å². The van der Waals surface area contributed by atoms with E-state index in [0.29, 0.717) is 0 Å². The standard InChI is InChI=1S/C8H14O2.C3H4O2/c1-7(2,9)5-6-8(3,4)10;1-2-3(4)5/h9-10H,1-4H3;2H,1H2,(H,4,5). The van der Waals surface area contributed by atoms with E-state index < -0.39 is 17.2 Å². The van der Waals surface area contributed by atoms with E-state index in [1.54, 1.807) is 27.7 Å². The molecule has 0 spiro atoms. The van der Waals surface area contributed by atoms with Gasteiger partial charge in [0.1, 0.15) is 11.2 Å². The van der Waals surface area contributed by atoms with Crippen LogP contribution in [0.5, 0.6) is 0 Å². The molecule has 3 N–H and O–H groups in total. The lowest BCUT2D eigenvalue weighted by Crippen LogP contribution is -2.20. The molecule has 0 aromatic rings. The summed E-state index contributed by atoms with van der Waals surface area (Å²) < 4.78 is 0. The van der Waals surface area contributed by atoms with Crippen molar-refractivity contribution in [1.82, 2.24) is 0 Å². The molecule has 0 aliphatic heterocycles. The van der Waals surface area contributed by atoms with Crippen LogP contribution in [0, 0.1) is 11.8 Å². The van der Waals surface area contributed by atoms with Gasteiger partial charge in [-0.25, -0.2) is 4.79 Å². The van der Waals surface area contributed by atoms with Gasteiger partial charge in [-0.3, -0.25) is 0 Å². The zero-order valence-corrected chi connectivity index (χ0v) is 9.53. The number of aliphatic hydroxyl groups is 2. The van der Waals surface area contributed by atoms with Gasteiger partial charge in [0, 0.05) is 6.08 Å². The highest BCUT2D eigenvalue weighted by Gasteiger charge is 2.10. The Morgan fingerprint density at radius 3 is 1.40 bits per heavy atom. The Kier molecular flexibility index (Phi) is 6.70. The smallest absolute Gasteiger partial charge is 0.327 e. The van der Waals surface area contributed by atoms with Crippen LogP contribution in [0.1, 0.15) is 27.7 Å². The van der Waals surface area contributed by atoms with E-state index in [2.05, 4.69) is 18.4 Å². The highest BCUT2D eigenvalue weighted by atomic mass is 16.4. The highest BCUT2D eigenvalue weighted by molar-refractivity contribution is 5.78. The molecule has 86 valence electrons. The number of carboxylic acids is 1. The van der Waals surface area contributed by atoms with Gasteiger partial charge in [-0.05, 0) is 27.7 Å². The number of carboxylic acid groups (broad SMARTS) is 1. The lowest BCUT2D eigenvalue weighted by atomic mass is 10.1. The molecule has 0 unspecified atom stereocenters. The van der Waals surface area contributed by atoms with E-state index in [1.807, 2.05) is 0 Å². The second kappa shape index (κ2) is 6.23. The summed E-state index contributed by atoms with van der Waals surface area (Å²) in [6, 6.07) is 0. The summed E-state index contributed by atoms with van der Waals surface area (Å²) in [6.45, 7) is 9.26. The summed E-state index contributed by atoms with van der Waals surface area (Å²) in [7, 11) is 0. The van der Waals surface area contributed by atoms with Crippen molar-refractivity contribution in [3.63, 3.8) is 0 Å². The third kappa shape index (κ3) is 24.5. The van der Waals surface area contributed by atoms with E-state index in [9.17, 15) is 4.79 Å². The second-order valence-corrected chi connectivity index (χ2v) is 3.91. The molecule has 4 nitrogen and oxygen atoms in total. The van der Waals surface area contributed by atoms with Crippen LogP contribution in [0.2, 0.25) is 0 Å². The predicted molar refractivity (Wildman–Crippen MR) is 58.2 cm³/mol. The Morgan fingerprint density at radius 1 is 1.13 bits per heavy atom. The number of hydrogen-bond acceptors (Lipinski definition) is 3. The summed E-state index contributed by atoms with van der Waals surface area (Å²) in [5, 5.41) is 25.8. The van der Waals surface area contributed by atoms with E-state index in [1.165, 1.54) is 0 Å². The quantitative estimate of drug-likeness (QED) is 0.445. The molecule has 0 aromatic carbocycles. The molecule has 0 saturated heterocycles. The van der Waals surface area contributed by atoms with Gasteiger partial charge >= 0.3 is 5.97 Å². The fourth-order valence-electron chi connectivity index (χ4n) is 0.306. The molecular formula is C11H18O4. The Bertz CT molecular complexity index is 250. The van der Waals surface area contributed by atoms with Gasteiger partial charge in [0.05, 0.1) is 0 Å². The van der Waals surface area contributed by atoms with Gasteiger partial charge in [0.15, 0.2) is 0 Å². The Labute approximate surface area is 90.2 Å². The molecule has 0 aromatic heterocycles. The summed E-state index contributed by atoms with van der Waals surface area (Å²) in [5.74, 6) is 4.05. The van der Waals surface area contributed by atoms with Crippen LogP contribution < -0.4 is 0 Å². The first-order chi connectivity index (χ1) is 6.48. The summed E-state index contributed by atoms with van der Waals surface area (Å²) in [4.78, 5) is 9.25. The van der Waals surface area contributed by atoms with E-state index in [4.69, 9.17) is 15.3 Å². The number of hydrogen-bond donors (Lipinski definition) is 3. The van der Waals surface area contributed by atoms with Crippen LogP contribution in [0.15, 0.2) is 12.7 Å². The Morgan fingerprint density at radius 2 is 1.33 bits per heavy atom. The monoisotopic (exact) mass is 214 g/mol. The fraction of sp³-hybridized carbons (Fsp3) is 0.545.